The van der Waals surface area contributed by atoms with Crippen LogP contribution in [0, 0.1) is 40.9 Å². The van der Waals surface area contributed by atoms with Gasteiger partial charge in [0.05, 0.1) is 59.4 Å². The van der Waals surface area contributed by atoms with Gasteiger partial charge in [-0.1, -0.05) is 0 Å². The second-order valence-electron chi connectivity index (χ2n) is 16.6. The Morgan fingerprint density at radius 1 is 0.906 bits per heavy atom. The number of carbonyl (C=O) groups excluding carboxylic acids is 2. The van der Waals surface area contributed by atoms with Crippen molar-refractivity contribution in [3.63, 3.8) is 0 Å². The number of anilines is 2. The van der Waals surface area contributed by atoms with Crippen LogP contribution in [0.5, 0.6) is 11.5 Å². The van der Waals surface area contributed by atoms with Crippen LogP contribution in [0.3, 0.4) is 0 Å². The summed E-state index contributed by atoms with van der Waals surface area (Å²) in [6.45, 7) is 6.75. The molecule has 0 bridgehead atoms. The van der Waals surface area contributed by atoms with E-state index in [-0.39, 0.29) is 95.8 Å². The number of benzene rings is 2. The van der Waals surface area contributed by atoms with E-state index >= 15 is 8.78 Å². The van der Waals surface area contributed by atoms with Crippen LogP contribution in [0.4, 0.5) is 25.0 Å². The zero-order chi connectivity index (χ0) is 45.6. The number of pyridine rings is 2. The molecule has 2 fully saturated rings. The molecule has 4 aliphatic rings. The van der Waals surface area contributed by atoms with Crippen LogP contribution in [0.25, 0.3) is 26.7 Å². The summed E-state index contributed by atoms with van der Waals surface area (Å²) in [4.78, 5) is 71.7. The maximum atomic E-state index is 16.1. The fourth-order valence-corrected chi connectivity index (χ4v) is 9.28. The molecule has 20 heteroatoms. The Hall–Kier alpha value is -6.93. The molecular formula is C44H47F2N8O10+. The Kier molecular flexibility index (Phi) is 12.1. The fourth-order valence-electron chi connectivity index (χ4n) is 9.28. The summed E-state index contributed by atoms with van der Waals surface area (Å²) in [6.07, 6.45) is 3.35. The SMILES string of the molecule is CCOC(=O)NC(CC#N)C1CCN(c2c(F)cc3c(=O)c(C(=O)OC[N+]#CCC(N)C4CCN(c5c(F)cc6c(=O)c(C(=O)O)cn7c6c5OC[C@@H]7C)C4)cn4c3c2OC[C@@H]4C)C1. The lowest BCUT2D eigenvalue weighted by Gasteiger charge is -2.31. The number of aromatic carboxylic acids is 1. The Balaban J connectivity index is 0.931. The maximum absolute atomic E-state index is 16.1. The largest absolute Gasteiger partial charge is 0.487 e. The zero-order valence-electron chi connectivity index (χ0n) is 35.4. The number of alkyl carbamates (subject to hydrolysis) is 1. The van der Waals surface area contributed by atoms with Gasteiger partial charge in [0.15, 0.2) is 23.1 Å². The molecule has 6 atom stereocenters. The number of nitrogens with one attached hydrogen (secondary N) is 1. The van der Waals surface area contributed by atoms with Gasteiger partial charge in [-0.25, -0.2) is 23.2 Å². The fraction of sp³-hybridized carbons (Fsp3) is 0.477. The first-order valence-corrected chi connectivity index (χ1v) is 21.2. The number of esters is 1. The number of rotatable bonds is 11. The Morgan fingerprint density at radius 2 is 1.45 bits per heavy atom. The predicted octanol–water partition coefficient (Wildman–Crippen LogP) is 4.75. The number of nitriles is 1. The van der Waals surface area contributed by atoms with Crippen LogP contribution in [0.2, 0.25) is 0 Å². The van der Waals surface area contributed by atoms with Crippen LogP contribution in [0.1, 0.15) is 79.3 Å². The number of carboxylic acids is 1. The van der Waals surface area contributed by atoms with E-state index in [9.17, 15) is 34.3 Å². The van der Waals surface area contributed by atoms with Crippen LogP contribution in [-0.4, -0.2) is 97.1 Å². The number of nitrogens with two attached hydrogens (primary N) is 1. The minimum Gasteiger partial charge on any atom is -0.487 e. The van der Waals surface area contributed by atoms with Crippen molar-refractivity contribution in [2.45, 2.75) is 70.6 Å². The predicted molar refractivity (Wildman–Crippen MR) is 229 cm³/mol. The van der Waals surface area contributed by atoms with Gasteiger partial charge in [0.2, 0.25) is 10.9 Å². The summed E-state index contributed by atoms with van der Waals surface area (Å²) in [5.74, 6) is -3.81. The average molecular weight is 886 g/mol. The molecule has 2 saturated heterocycles. The normalized spacial score (nSPS) is 20.7. The maximum Gasteiger partial charge on any atom is 0.407 e. The molecule has 0 radical (unpaired) electrons. The highest BCUT2D eigenvalue weighted by Crippen LogP contribution is 2.45. The van der Waals surface area contributed by atoms with Gasteiger partial charge in [0.25, 0.3) is 6.07 Å². The van der Waals surface area contributed by atoms with Crippen LogP contribution in [-0.2, 0) is 9.47 Å². The van der Waals surface area contributed by atoms with Gasteiger partial charge >= 0.3 is 24.8 Å². The summed E-state index contributed by atoms with van der Waals surface area (Å²) in [5, 5.41) is 21.6. The summed E-state index contributed by atoms with van der Waals surface area (Å²) in [7, 11) is 0. The molecule has 2 aromatic carbocycles. The summed E-state index contributed by atoms with van der Waals surface area (Å²) >= 11 is 0. The van der Waals surface area contributed by atoms with E-state index in [1.54, 1.807) is 25.9 Å². The molecule has 4 unspecified atom stereocenters. The van der Waals surface area contributed by atoms with E-state index in [1.165, 1.54) is 12.4 Å². The molecule has 1 amide bonds. The van der Waals surface area contributed by atoms with E-state index < -0.39 is 64.9 Å². The topological polar surface area (TPSA) is 225 Å². The van der Waals surface area contributed by atoms with Gasteiger partial charge in [0, 0.05) is 50.7 Å². The molecule has 4 N–H and O–H groups in total. The summed E-state index contributed by atoms with van der Waals surface area (Å²) in [6, 6.07) is 5.42. The number of nitrogens with zero attached hydrogens (tertiary/aromatic N) is 6. The molecule has 8 rings (SSSR count). The van der Waals surface area contributed by atoms with E-state index in [0.717, 1.165) is 12.1 Å². The highest BCUT2D eigenvalue weighted by Gasteiger charge is 2.38. The highest BCUT2D eigenvalue weighted by molar-refractivity contribution is 5.99. The number of ether oxygens (including phenoxy) is 4. The van der Waals surface area contributed by atoms with E-state index in [4.69, 9.17) is 24.7 Å². The lowest BCUT2D eigenvalue weighted by atomic mass is 9.96. The third kappa shape index (κ3) is 7.87. The van der Waals surface area contributed by atoms with Gasteiger partial charge in [-0.3, -0.25) is 9.59 Å². The smallest absolute Gasteiger partial charge is 0.407 e. The van der Waals surface area contributed by atoms with Crippen molar-refractivity contribution in [3.05, 3.63) is 72.6 Å². The number of amides is 1. The third-order valence-corrected chi connectivity index (χ3v) is 12.6. The average Bonchev–Trinajstić information content (AvgIpc) is 3.95. The highest BCUT2D eigenvalue weighted by atomic mass is 19.1. The van der Waals surface area contributed by atoms with E-state index in [2.05, 4.69) is 22.3 Å². The first-order chi connectivity index (χ1) is 30.7. The molecule has 6 heterocycles. The Labute approximate surface area is 364 Å². The number of carbonyl (C=O) groups is 3. The lowest BCUT2D eigenvalue weighted by molar-refractivity contribution is 0.0544. The number of aromatic nitrogens is 2. The second-order valence-corrected chi connectivity index (χ2v) is 16.6. The van der Waals surface area contributed by atoms with Crippen molar-refractivity contribution in [2.24, 2.45) is 17.6 Å². The van der Waals surface area contributed by atoms with Crippen molar-refractivity contribution in [1.82, 2.24) is 14.5 Å². The third-order valence-electron chi connectivity index (χ3n) is 12.6. The zero-order valence-corrected chi connectivity index (χ0v) is 35.4. The van der Waals surface area contributed by atoms with Crippen molar-refractivity contribution in [2.75, 3.05) is 62.5 Å². The van der Waals surface area contributed by atoms with Gasteiger partial charge in [-0.15, -0.1) is 0 Å². The van der Waals surface area contributed by atoms with Crippen molar-refractivity contribution < 1.29 is 47.2 Å². The quantitative estimate of drug-likeness (QED) is 0.173. The van der Waals surface area contributed by atoms with Crippen LogP contribution in [0.15, 0.2) is 34.1 Å². The molecule has 0 aliphatic carbocycles. The molecule has 336 valence electrons. The monoisotopic (exact) mass is 885 g/mol. The number of hydrogen-bond acceptors (Lipinski definition) is 13. The van der Waals surface area contributed by atoms with Crippen molar-refractivity contribution >= 4 is 51.2 Å². The standard InChI is InChI=1S/C44H46F2N8O10/c1-4-61-44(60)50-33(5-9-47)25-8-12-52(16-25)37-31(46)14-27-35-41(37)63-20-23(3)54(35)18-29(39(27)56)43(59)64-21-49-10-6-32(48)24-7-11-51(15-24)36-30(45)13-26-34-40(36)62-19-22(2)53(34)17-28(38(26)55)42(57)58/h13-14,17-18,22-25,32-33H,4-8,11-12,15-16,19-21,48H2,1-3H3,(H-,50,57,58,60)/p+1/t22-,23-,24?,25?,32?,33?/m0/s1. The molecule has 0 saturated carbocycles. The second kappa shape index (κ2) is 17.7. The summed E-state index contributed by atoms with van der Waals surface area (Å²) in [5.41, 5.74) is 5.18. The molecular weight excluding hydrogens is 839 g/mol. The van der Waals surface area contributed by atoms with Crippen molar-refractivity contribution in [3.8, 4) is 23.6 Å². The van der Waals surface area contributed by atoms with Crippen LogP contribution >= 0.6 is 0 Å². The van der Waals surface area contributed by atoms with Crippen molar-refractivity contribution in [1.29, 1.82) is 5.26 Å². The molecule has 4 aromatic rings. The first-order valence-electron chi connectivity index (χ1n) is 21.2. The molecule has 64 heavy (non-hydrogen) atoms. The Bertz CT molecular complexity index is 2810. The van der Waals surface area contributed by atoms with Gasteiger partial charge in [0.1, 0.15) is 35.7 Å². The van der Waals surface area contributed by atoms with Gasteiger partial charge in [-0.2, -0.15) is 5.26 Å². The lowest BCUT2D eigenvalue weighted by Crippen LogP contribution is -2.41. The minimum atomic E-state index is -1.40. The first kappa shape index (κ1) is 43.7. The molecule has 18 nitrogen and oxygen atoms in total. The minimum absolute atomic E-state index is 0.0371. The number of hydrogen-bond donors (Lipinski definition) is 3. The molecule has 4 aliphatic heterocycles. The molecule has 2 aromatic heterocycles. The summed E-state index contributed by atoms with van der Waals surface area (Å²) < 4.78 is 57.6. The van der Waals surface area contributed by atoms with Gasteiger partial charge in [-0.05, 0) is 62.4 Å². The molecule has 0 spiro atoms. The van der Waals surface area contributed by atoms with Gasteiger partial charge < -0.3 is 54.0 Å². The van der Waals surface area contributed by atoms with Crippen LogP contribution < -0.4 is 41.2 Å². The number of halogens is 2. The van der Waals surface area contributed by atoms with E-state index in [0.29, 0.717) is 50.1 Å². The van der Waals surface area contributed by atoms with E-state index in [1.807, 2.05) is 13.8 Å². The number of carboxylic acid groups (broad SMARTS) is 1. The Morgan fingerprint density at radius 3 is 2.02 bits per heavy atom.